The van der Waals surface area contributed by atoms with Gasteiger partial charge < -0.3 is 0 Å². The predicted molar refractivity (Wildman–Crippen MR) is 125 cm³/mol. The third-order valence-corrected chi connectivity index (χ3v) is 7.07. The first-order valence-electron chi connectivity index (χ1n) is 9.31. The van der Waals surface area contributed by atoms with Gasteiger partial charge in [0.1, 0.15) is 0 Å². The van der Waals surface area contributed by atoms with E-state index < -0.39 is 0 Å². The fourth-order valence-corrected chi connectivity index (χ4v) is 5.71. The van der Waals surface area contributed by atoms with E-state index in [0.717, 1.165) is 21.5 Å². The molecule has 0 saturated carbocycles. The van der Waals surface area contributed by atoms with E-state index in [1.165, 1.54) is 36.3 Å². The summed E-state index contributed by atoms with van der Waals surface area (Å²) in [5.41, 5.74) is 2.25. The van der Waals surface area contributed by atoms with Crippen molar-refractivity contribution < 1.29 is 0 Å². The Balaban J connectivity index is 1.66. The Hall–Kier alpha value is -2.87. The SMILES string of the molecule is Clc1c(-c2ccc3ccc4ccccc4c3c2)ccc2sc3ccccc3c12. The van der Waals surface area contributed by atoms with E-state index in [1.807, 2.05) is 0 Å². The van der Waals surface area contributed by atoms with Crippen LogP contribution in [-0.2, 0) is 0 Å². The Morgan fingerprint density at radius 2 is 1.29 bits per heavy atom. The standard InChI is InChI=1S/C26H15ClS/c27-26-20(13-14-24-25(26)21-7-3-4-8-23(21)28-24)18-12-11-17-10-9-16-5-1-2-6-19(16)22(17)15-18/h1-15H. The van der Waals surface area contributed by atoms with Crippen LogP contribution in [-0.4, -0.2) is 0 Å². The van der Waals surface area contributed by atoms with Gasteiger partial charge in [-0.25, -0.2) is 0 Å². The third-order valence-electron chi connectivity index (χ3n) is 5.54. The summed E-state index contributed by atoms with van der Waals surface area (Å²) < 4.78 is 2.52. The summed E-state index contributed by atoms with van der Waals surface area (Å²) in [5.74, 6) is 0. The lowest BCUT2D eigenvalue weighted by Crippen LogP contribution is -1.83. The molecule has 0 radical (unpaired) electrons. The second kappa shape index (κ2) is 6.07. The van der Waals surface area contributed by atoms with Crippen LogP contribution in [0.15, 0.2) is 91.0 Å². The topological polar surface area (TPSA) is 0 Å². The molecule has 2 heteroatoms. The van der Waals surface area contributed by atoms with Gasteiger partial charge in [-0.15, -0.1) is 11.3 Å². The van der Waals surface area contributed by atoms with E-state index in [-0.39, 0.29) is 0 Å². The number of benzene rings is 5. The molecule has 1 heterocycles. The summed E-state index contributed by atoms with van der Waals surface area (Å²) >= 11 is 8.77. The maximum absolute atomic E-state index is 6.97. The van der Waals surface area contributed by atoms with Crippen LogP contribution in [0.3, 0.4) is 0 Å². The van der Waals surface area contributed by atoms with Crippen LogP contribution in [0.2, 0.25) is 5.02 Å². The average molecular weight is 395 g/mol. The minimum atomic E-state index is 0.842. The molecular formula is C26H15ClS. The normalized spacial score (nSPS) is 11.8. The van der Waals surface area contributed by atoms with Crippen molar-refractivity contribution in [3.8, 4) is 11.1 Å². The maximum Gasteiger partial charge on any atom is 0.0577 e. The number of rotatable bonds is 1. The van der Waals surface area contributed by atoms with Crippen molar-refractivity contribution in [2.75, 3.05) is 0 Å². The van der Waals surface area contributed by atoms with Crippen LogP contribution < -0.4 is 0 Å². The summed E-state index contributed by atoms with van der Waals surface area (Å²) in [6.07, 6.45) is 0. The summed E-state index contributed by atoms with van der Waals surface area (Å²) in [4.78, 5) is 0. The quantitative estimate of drug-likeness (QED) is 0.245. The zero-order valence-electron chi connectivity index (χ0n) is 14.9. The van der Waals surface area contributed by atoms with Gasteiger partial charge in [-0.2, -0.15) is 0 Å². The molecule has 0 amide bonds. The predicted octanol–water partition coefficient (Wildman–Crippen LogP) is 8.68. The molecule has 0 atom stereocenters. The van der Waals surface area contributed by atoms with Gasteiger partial charge >= 0.3 is 0 Å². The van der Waals surface area contributed by atoms with Crippen LogP contribution in [0.4, 0.5) is 0 Å². The number of fused-ring (bicyclic) bond motifs is 6. The van der Waals surface area contributed by atoms with Gasteiger partial charge in [0.2, 0.25) is 0 Å². The van der Waals surface area contributed by atoms with Crippen LogP contribution >= 0.6 is 22.9 Å². The second-order valence-electron chi connectivity index (χ2n) is 7.12. The largest absolute Gasteiger partial charge is 0.135 e. The van der Waals surface area contributed by atoms with Crippen LogP contribution in [0.5, 0.6) is 0 Å². The van der Waals surface area contributed by atoms with E-state index in [2.05, 4.69) is 91.0 Å². The molecule has 0 saturated heterocycles. The van der Waals surface area contributed by atoms with Crippen molar-refractivity contribution in [2.45, 2.75) is 0 Å². The molecule has 0 N–H and O–H groups in total. The highest BCUT2D eigenvalue weighted by atomic mass is 35.5. The molecule has 6 rings (SSSR count). The highest BCUT2D eigenvalue weighted by molar-refractivity contribution is 7.26. The molecule has 0 bridgehead atoms. The van der Waals surface area contributed by atoms with Crippen LogP contribution in [0.25, 0.3) is 52.8 Å². The molecule has 28 heavy (non-hydrogen) atoms. The number of hydrogen-bond donors (Lipinski definition) is 0. The molecule has 0 aliphatic rings. The fraction of sp³-hybridized carbons (Fsp3) is 0. The molecular weight excluding hydrogens is 380 g/mol. The summed E-state index contributed by atoms with van der Waals surface area (Å²) in [6, 6.07) is 32.4. The van der Waals surface area contributed by atoms with E-state index in [0.29, 0.717) is 0 Å². The van der Waals surface area contributed by atoms with Crippen molar-refractivity contribution in [1.82, 2.24) is 0 Å². The smallest absolute Gasteiger partial charge is 0.0577 e. The third kappa shape index (κ3) is 2.30. The molecule has 6 aromatic rings. The van der Waals surface area contributed by atoms with E-state index in [4.69, 9.17) is 11.6 Å². The van der Waals surface area contributed by atoms with Crippen molar-refractivity contribution >= 4 is 64.7 Å². The average Bonchev–Trinajstić information content (AvgIpc) is 3.13. The Kier molecular flexibility index (Phi) is 3.49. The second-order valence-corrected chi connectivity index (χ2v) is 8.58. The van der Waals surface area contributed by atoms with E-state index in [9.17, 15) is 0 Å². The highest BCUT2D eigenvalue weighted by Crippen LogP contribution is 2.43. The van der Waals surface area contributed by atoms with Crippen LogP contribution in [0, 0.1) is 0 Å². The van der Waals surface area contributed by atoms with Crippen molar-refractivity contribution in [1.29, 1.82) is 0 Å². The first kappa shape index (κ1) is 16.1. The van der Waals surface area contributed by atoms with Crippen LogP contribution in [0.1, 0.15) is 0 Å². The molecule has 0 fully saturated rings. The lowest BCUT2D eigenvalue weighted by Gasteiger charge is -2.10. The lowest BCUT2D eigenvalue weighted by molar-refractivity contribution is 1.70. The molecule has 0 unspecified atom stereocenters. The molecule has 0 aliphatic carbocycles. The Labute approximate surface area is 171 Å². The minimum absolute atomic E-state index is 0.842. The molecule has 1 aromatic heterocycles. The first-order chi connectivity index (χ1) is 13.8. The zero-order valence-corrected chi connectivity index (χ0v) is 16.5. The summed E-state index contributed by atoms with van der Waals surface area (Å²) in [7, 11) is 0. The Morgan fingerprint density at radius 3 is 2.18 bits per heavy atom. The van der Waals surface area contributed by atoms with Gasteiger partial charge in [0.15, 0.2) is 0 Å². The zero-order chi connectivity index (χ0) is 18.7. The van der Waals surface area contributed by atoms with Gasteiger partial charge in [0.25, 0.3) is 0 Å². The fourth-order valence-electron chi connectivity index (χ4n) is 4.17. The Bertz CT molecular complexity index is 1520. The van der Waals surface area contributed by atoms with Gasteiger partial charge in [-0.1, -0.05) is 84.4 Å². The number of hydrogen-bond acceptors (Lipinski definition) is 1. The van der Waals surface area contributed by atoms with Gasteiger partial charge in [-0.05, 0) is 45.3 Å². The van der Waals surface area contributed by atoms with E-state index in [1.54, 1.807) is 11.3 Å². The van der Waals surface area contributed by atoms with Gasteiger partial charge in [0.05, 0.1) is 5.02 Å². The first-order valence-corrected chi connectivity index (χ1v) is 10.5. The molecule has 0 spiro atoms. The van der Waals surface area contributed by atoms with E-state index >= 15 is 0 Å². The maximum atomic E-state index is 6.97. The molecule has 0 aliphatic heterocycles. The summed E-state index contributed by atoms with van der Waals surface area (Å²) in [6.45, 7) is 0. The van der Waals surface area contributed by atoms with Gasteiger partial charge in [0, 0.05) is 25.7 Å². The molecule has 132 valence electrons. The molecule has 0 nitrogen and oxygen atoms in total. The van der Waals surface area contributed by atoms with Crippen molar-refractivity contribution in [3.05, 3.63) is 96.0 Å². The van der Waals surface area contributed by atoms with Crippen molar-refractivity contribution in [3.63, 3.8) is 0 Å². The Morgan fingerprint density at radius 1 is 0.571 bits per heavy atom. The summed E-state index contributed by atoms with van der Waals surface area (Å²) in [5, 5.41) is 8.30. The number of thiophene rings is 1. The highest BCUT2D eigenvalue weighted by Gasteiger charge is 2.13. The van der Waals surface area contributed by atoms with Crippen molar-refractivity contribution in [2.24, 2.45) is 0 Å². The number of halogens is 1. The monoisotopic (exact) mass is 394 g/mol. The van der Waals surface area contributed by atoms with Gasteiger partial charge in [-0.3, -0.25) is 0 Å². The minimum Gasteiger partial charge on any atom is -0.135 e. The lowest BCUT2D eigenvalue weighted by atomic mass is 9.96. The molecule has 5 aromatic carbocycles.